The first-order chi connectivity index (χ1) is 11.6. The molecule has 2 heterocycles. The van der Waals surface area contributed by atoms with Crippen LogP contribution in [0.1, 0.15) is 49.5 Å². The summed E-state index contributed by atoms with van der Waals surface area (Å²) in [6.45, 7) is 3.53. The number of rotatable bonds is 3. The maximum atomic E-state index is 12.6. The van der Waals surface area contributed by atoms with Crippen molar-refractivity contribution in [1.29, 1.82) is 0 Å². The quantitative estimate of drug-likeness (QED) is 0.943. The molecule has 1 fully saturated rings. The molecule has 1 saturated heterocycles. The average molecular weight is 327 g/mol. The second kappa shape index (κ2) is 7.47. The van der Waals surface area contributed by atoms with E-state index in [-0.39, 0.29) is 12.1 Å². The number of amides is 2. The zero-order chi connectivity index (χ0) is 16.9. The average Bonchev–Trinajstić information content (AvgIpc) is 2.87. The predicted octanol–water partition coefficient (Wildman–Crippen LogP) is 2.86. The van der Waals surface area contributed by atoms with Crippen LogP contribution in [0.25, 0.3) is 0 Å². The normalized spacial score (nSPS) is 19.6. The number of nitrogens with one attached hydrogen (secondary N) is 1. The zero-order valence-electron chi connectivity index (χ0n) is 14.4. The Labute approximate surface area is 142 Å². The van der Waals surface area contributed by atoms with Gasteiger partial charge < -0.3 is 14.8 Å². The smallest absolute Gasteiger partial charge is 0.317 e. The van der Waals surface area contributed by atoms with Gasteiger partial charge in [-0.25, -0.2) is 4.79 Å². The maximum Gasteiger partial charge on any atom is 0.317 e. The van der Waals surface area contributed by atoms with Gasteiger partial charge in [-0.05, 0) is 37.7 Å². The van der Waals surface area contributed by atoms with Gasteiger partial charge in [0, 0.05) is 20.1 Å². The largest absolute Gasteiger partial charge is 0.328 e. The van der Waals surface area contributed by atoms with E-state index in [9.17, 15) is 4.79 Å². The van der Waals surface area contributed by atoms with Crippen LogP contribution in [0.15, 0.2) is 36.7 Å². The maximum absolute atomic E-state index is 12.6. The Hall–Kier alpha value is -2.37. The zero-order valence-corrected chi connectivity index (χ0v) is 14.4. The number of carbonyl (C=O) groups is 1. The van der Waals surface area contributed by atoms with Crippen LogP contribution < -0.4 is 5.32 Å². The summed E-state index contributed by atoms with van der Waals surface area (Å²) < 4.78 is 1.83. The molecule has 0 saturated carbocycles. The molecule has 2 amide bonds. The van der Waals surface area contributed by atoms with E-state index in [0.29, 0.717) is 5.92 Å². The minimum absolute atomic E-state index is 0.0146. The molecule has 1 aromatic heterocycles. The number of carbonyl (C=O) groups excluding carboxylic acids is 1. The first-order valence-electron chi connectivity index (χ1n) is 8.59. The Balaban J connectivity index is 1.57. The van der Waals surface area contributed by atoms with Crippen LogP contribution in [0.5, 0.6) is 0 Å². The molecule has 0 spiro atoms. The molecule has 0 radical (unpaired) electrons. The van der Waals surface area contributed by atoms with Gasteiger partial charge in [0.05, 0.1) is 6.04 Å². The summed E-state index contributed by atoms with van der Waals surface area (Å²) in [7, 11) is 1.88. The Kier molecular flexibility index (Phi) is 5.13. The van der Waals surface area contributed by atoms with Crippen LogP contribution >= 0.6 is 0 Å². The third-order valence-electron chi connectivity index (χ3n) is 4.76. The van der Waals surface area contributed by atoms with E-state index >= 15 is 0 Å². The number of hydrogen-bond donors (Lipinski definition) is 1. The van der Waals surface area contributed by atoms with Crippen molar-refractivity contribution in [3.8, 4) is 0 Å². The van der Waals surface area contributed by atoms with Gasteiger partial charge in [-0.15, -0.1) is 10.2 Å². The second-order valence-electron chi connectivity index (χ2n) is 6.50. The molecular weight excluding hydrogens is 302 g/mol. The molecule has 0 aliphatic carbocycles. The summed E-state index contributed by atoms with van der Waals surface area (Å²) in [6.07, 6.45) is 4.82. The number of likely N-dealkylation sites (tertiary alicyclic amines) is 1. The summed E-state index contributed by atoms with van der Waals surface area (Å²) in [5, 5.41) is 11.0. The SMILES string of the molecule is C[C@@H](NC(=O)N1CCC[C@@H](c2ccccc2)CC1)c1nncn1C. The van der Waals surface area contributed by atoms with Crippen LogP contribution in [0.3, 0.4) is 0 Å². The van der Waals surface area contributed by atoms with E-state index in [0.717, 1.165) is 38.2 Å². The predicted molar refractivity (Wildman–Crippen MR) is 92.6 cm³/mol. The second-order valence-corrected chi connectivity index (χ2v) is 6.50. The lowest BCUT2D eigenvalue weighted by Gasteiger charge is -2.23. The summed E-state index contributed by atoms with van der Waals surface area (Å²) >= 11 is 0. The Morgan fingerprint density at radius 3 is 2.75 bits per heavy atom. The van der Waals surface area contributed by atoms with Crippen LogP contribution in [0, 0.1) is 0 Å². The highest BCUT2D eigenvalue weighted by Crippen LogP contribution is 2.27. The molecule has 1 aliphatic rings. The summed E-state index contributed by atoms with van der Waals surface area (Å²) in [6, 6.07) is 10.4. The molecule has 6 heteroatoms. The molecule has 1 N–H and O–H groups in total. The first-order valence-corrected chi connectivity index (χ1v) is 8.59. The molecule has 128 valence electrons. The number of hydrogen-bond acceptors (Lipinski definition) is 3. The van der Waals surface area contributed by atoms with Gasteiger partial charge >= 0.3 is 6.03 Å². The van der Waals surface area contributed by atoms with Gasteiger partial charge in [-0.1, -0.05) is 30.3 Å². The minimum atomic E-state index is -0.154. The molecule has 0 bridgehead atoms. The highest BCUT2D eigenvalue weighted by Gasteiger charge is 2.23. The van der Waals surface area contributed by atoms with Crippen LogP contribution in [0.4, 0.5) is 4.79 Å². The summed E-state index contributed by atoms with van der Waals surface area (Å²) in [4.78, 5) is 14.5. The third kappa shape index (κ3) is 3.75. The lowest BCUT2D eigenvalue weighted by Crippen LogP contribution is -2.42. The van der Waals surface area contributed by atoms with Crippen molar-refractivity contribution in [2.75, 3.05) is 13.1 Å². The lowest BCUT2D eigenvalue weighted by molar-refractivity contribution is 0.195. The van der Waals surface area contributed by atoms with Gasteiger partial charge in [0.25, 0.3) is 0 Å². The minimum Gasteiger partial charge on any atom is -0.328 e. The fourth-order valence-corrected chi connectivity index (χ4v) is 3.38. The molecule has 1 aliphatic heterocycles. The molecular formula is C18H25N5O. The van der Waals surface area contributed by atoms with Crippen molar-refractivity contribution in [2.45, 2.75) is 38.1 Å². The van der Waals surface area contributed by atoms with Crippen molar-refractivity contribution < 1.29 is 4.79 Å². The highest BCUT2D eigenvalue weighted by molar-refractivity contribution is 5.74. The summed E-state index contributed by atoms with van der Waals surface area (Å²) in [5.41, 5.74) is 1.38. The molecule has 24 heavy (non-hydrogen) atoms. The lowest BCUT2D eigenvalue weighted by atomic mass is 9.92. The van der Waals surface area contributed by atoms with E-state index in [1.807, 2.05) is 29.5 Å². The Bertz CT molecular complexity index is 669. The van der Waals surface area contributed by atoms with E-state index in [1.54, 1.807) is 6.33 Å². The van der Waals surface area contributed by atoms with Gasteiger partial charge in [-0.3, -0.25) is 0 Å². The van der Waals surface area contributed by atoms with Crippen LogP contribution in [0.2, 0.25) is 0 Å². The van der Waals surface area contributed by atoms with Crippen molar-refractivity contribution in [2.24, 2.45) is 7.05 Å². The molecule has 3 rings (SSSR count). The number of aromatic nitrogens is 3. The van der Waals surface area contributed by atoms with Crippen LogP contribution in [-0.4, -0.2) is 38.8 Å². The van der Waals surface area contributed by atoms with Crippen LogP contribution in [-0.2, 0) is 7.05 Å². The van der Waals surface area contributed by atoms with Gasteiger partial charge in [0.15, 0.2) is 5.82 Å². The summed E-state index contributed by atoms with van der Waals surface area (Å²) in [5.74, 6) is 1.31. The van der Waals surface area contributed by atoms with Gasteiger partial charge in [-0.2, -0.15) is 0 Å². The van der Waals surface area contributed by atoms with E-state index < -0.39 is 0 Å². The van der Waals surface area contributed by atoms with Crippen molar-refractivity contribution in [3.63, 3.8) is 0 Å². The monoisotopic (exact) mass is 327 g/mol. The van der Waals surface area contributed by atoms with E-state index in [2.05, 4.69) is 39.8 Å². The fourth-order valence-electron chi connectivity index (χ4n) is 3.38. The highest BCUT2D eigenvalue weighted by atomic mass is 16.2. The van der Waals surface area contributed by atoms with Gasteiger partial charge in [0.1, 0.15) is 6.33 Å². The van der Waals surface area contributed by atoms with Crippen molar-refractivity contribution in [3.05, 3.63) is 48.0 Å². The first kappa shape index (κ1) is 16.5. The molecule has 1 aromatic carbocycles. The molecule has 0 unspecified atom stereocenters. The standard InChI is InChI=1S/C18H25N5O/c1-14(17-21-19-13-22(17)2)20-18(24)23-11-6-9-16(10-12-23)15-7-4-3-5-8-15/h3-5,7-8,13-14,16H,6,9-12H2,1-2H3,(H,20,24)/t14-,16-/m1/s1. The van der Waals surface area contributed by atoms with Gasteiger partial charge in [0.2, 0.25) is 0 Å². The van der Waals surface area contributed by atoms with E-state index in [4.69, 9.17) is 0 Å². The number of nitrogens with zero attached hydrogens (tertiary/aromatic N) is 4. The molecule has 2 aromatic rings. The Morgan fingerprint density at radius 1 is 1.25 bits per heavy atom. The van der Waals surface area contributed by atoms with Crippen molar-refractivity contribution in [1.82, 2.24) is 25.0 Å². The van der Waals surface area contributed by atoms with Crippen molar-refractivity contribution >= 4 is 6.03 Å². The fraction of sp³-hybridized carbons (Fsp3) is 0.500. The topological polar surface area (TPSA) is 63.1 Å². The molecule has 2 atom stereocenters. The number of aryl methyl sites for hydroxylation is 1. The third-order valence-corrected chi connectivity index (χ3v) is 4.76. The Morgan fingerprint density at radius 2 is 2.04 bits per heavy atom. The molecule has 6 nitrogen and oxygen atoms in total. The number of urea groups is 1. The van der Waals surface area contributed by atoms with E-state index in [1.165, 1.54) is 5.56 Å². The number of benzene rings is 1.